The molecule has 0 amide bonds. The molecule has 1 aromatic rings. The number of nitrogens with zero attached hydrogens (tertiary/aromatic N) is 1. The number of carbonyl (C=O) groups is 1. The second kappa shape index (κ2) is 8.86. The van der Waals surface area contributed by atoms with E-state index in [2.05, 4.69) is 18.1 Å². The molecule has 1 atom stereocenters. The maximum atomic E-state index is 13.2. The van der Waals surface area contributed by atoms with E-state index in [1.54, 1.807) is 6.07 Å². The molecule has 4 nitrogen and oxygen atoms in total. The Morgan fingerprint density at radius 3 is 2.60 bits per heavy atom. The van der Waals surface area contributed by atoms with Crippen LogP contribution in [0.2, 0.25) is 0 Å². The largest absolute Gasteiger partial charge is 0.495 e. The molecule has 0 N–H and O–H groups in total. The Morgan fingerprint density at radius 2 is 2.03 bits per heavy atom. The molecule has 1 saturated heterocycles. The lowest BCUT2D eigenvalue weighted by molar-refractivity contribution is -0.0893. The molecular weight excluding hydrogens is 419 g/mol. The SMILES string of the molecule is C=CC(Cl)=C(CC1Cc2cc(N3CCOCC3)c(OC)cc2C1=O)C(=C)C(F)(F)F. The molecule has 1 fully saturated rings. The smallest absolute Gasteiger partial charge is 0.416 e. The fourth-order valence-corrected chi connectivity index (χ4v) is 4.06. The first-order valence-electron chi connectivity index (χ1n) is 9.52. The van der Waals surface area contributed by atoms with Crippen molar-refractivity contribution in [1.82, 2.24) is 0 Å². The van der Waals surface area contributed by atoms with Crippen molar-refractivity contribution in [1.29, 1.82) is 0 Å². The van der Waals surface area contributed by atoms with Gasteiger partial charge in [0.2, 0.25) is 0 Å². The van der Waals surface area contributed by atoms with Crippen LogP contribution in [0.15, 0.2) is 47.5 Å². The van der Waals surface area contributed by atoms with Gasteiger partial charge in [0.15, 0.2) is 5.78 Å². The van der Waals surface area contributed by atoms with Crippen LogP contribution in [0.1, 0.15) is 22.3 Å². The third-order valence-corrected chi connectivity index (χ3v) is 5.87. The molecule has 0 radical (unpaired) electrons. The first-order chi connectivity index (χ1) is 14.2. The fourth-order valence-electron chi connectivity index (χ4n) is 3.87. The highest BCUT2D eigenvalue weighted by atomic mass is 35.5. The van der Waals surface area contributed by atoms with Gasteiger partial charge in [0.25, 0.3) is 0 Å². The van der Waals surface area contributed by atoms with Crippen LogP contribution in [0.3, 0.4) is 0 Å². The van der Waals surface area contributed by atoms with Crippen LogP contribution in [-0.4, -0.2) is 45.4 Å². The molecule has 0 saturated carbocycles. The molecule has 3 rings (SSSR count). The van der Waals surface area contributed by atoms with Crippen LogP contribution >= 0.6 is 11.6 Å². The van der Waals surface area contributed by atoms with Gasteiger partial charge >= 0.3 is 6.18 Å². The molecule has 8 heteroatoms. The summed E-state index contributed by atoms with van der Waals surface area (Å²) in [4.78, 5) is 15.1. The van der Waals surface area contributed by atoms with Crippen molar-refractivity contribution in [2.75, 3.05) is 38.3 Å². The fraction of sp³-hybridized carbons (Fsp3) is 0.409. The van der Waals surface area contributed by atoms with Crippen LogP contribution in [0.5, 0.6) is 5.75 Å². The van der Waals surface area contributed by atoms with E-state index in [1.165, 1.54) is 7.11 Å². The molecule has 0 bridgehead atoms. The highest BCUT2D eigenvalue weighted by Crippen LogP contribution is 2.42. The molecule has 2 aliphatic rings. The Bertz CT molecular complexity index is 902. The van der Waals surface area contributed by atoms with Crippen molar-refractivity contribution in [3.05, 3.63) is 58.7 Å². The topological polar surface area (TPSA) is 38.8 Å². The van der Waals surface area contributed by atoms with Gasteiger partial charge in [0, 0.05) is 29.6 Å². The summed E-state index contributed by atoms with van der Waals surface area (Å²) in [5.41, 5.74) is 0.862. The number of carbonyl (C=O) groups excluding carboxylic acids is 1. The van der Waals surface area contributed by atoms with E-state index in [0.717, 1.165) is 17.3 Å². The first-order valence-corrected chi connectivity index (χ1v) is 9.90. The van der Waals surface area contributed by atoms with Crippen LogP contribution in [-0.2, 0) is 11.2 Å². The van der Waals surface area contributed by atoms with Crippen LogP contribution in [0.25, 0.3) is 0 Å². The zero-order valence-corrected chi connectivity index (χ0v) is 17.4. The summed E-state index contributed by atoms with van der Waals surface area (Å²) in [6.45, 7) is 9.17. The van der Waals surface area contributed by atoms with Crippen molar-refractivity contribution in [2.24, 2.45) is 5.92 Å². The van der Waals surface area contributed by atoms with Crippen molar-refractivity contribution in [3.8, 4) is 5.75 Å². The van der Waals surface area contributed by atoms with Gasteiger partial charge < -0.3 is 14.4 Å². The molecule has 1 unspecified atom stereocenters. The van der Waals surface area contributed by atoms with E-state index in [4.69, 9.17) is 21.1 Å². The molecule has 1 aromatic carbocycles. The standard InChI is InChI=1S/C22H23ClF3NO3/c1-4-18(23)16(13(2)22(24,25)26)10-15-9-14-11-19(27-5-7-30-8-6-27)20(29-3)12-17(14)21(15)28/h4,11-12,15H,1-2,5-10H2,3H3. The summed E-state index contributed by atoms with van der Waals surface area (Å²) in [6.07, 6.45) is -3.34. The molecule has 1 aliphatic heterocycles. The molecule has 0 spiro atoms. The highest BCUT2D eigenvalue weighted by Gasteiger charge is 2.39. The zero-order valence-electron chi connectivity index (χ0n) is 16.7. The molecule has 1 aliphatic carbocycles. The Kier molecular flexibility index (Phi) is 6.62. The number of halogens is 4. The number of methoxy groups -OCH3 is 1. The van der Waals surface area contributed by atoms with Gasteiger partial charge in [-0.15, -0.1) is 0 Å². The monoisotopic (exact) mass is 441 g/mol. The van der Waals surface area contributed by atoms with Crippen molar-refractivity contribution in [3.63, 3.8) is 0 Å². The van der Waals surface area contributed by atoms with Crippen LogP contribution in [0.4, 0.5) is 18.9 Å². The van der Waals surface area contributed by atoms with Gasteiger partial charge in [-0.05, 0) is 36.1 Å². The predicted molar refractivity (Wildman–Crippen MR) is 110 cm³/mol. The second-order valence-corrected chi connectivity index (χ2v) is 7.66. The molecular formula is C22H23ClF3NO3. The number of anilines is 1. The summed E-state index contributed by atoms with van der Waals surface area (Å²) in [6, 6.07) is 3.58. The number of morpholine rings is 1. The van der Waals surface area contributed by atoms with Gasteiger partial charge in [-0.1, -0.05) is 30.8 Å². The van der Waals surface area contributed by atoms with E-state index < -0.39 is 17.7 Å². The number of ketones is 1. The van der Waals surface area contributed by atoms with Crippen molar-refractivity contribution < 1.29 is 27.4 Å². The van der Waals surface area contributed by atoms with Gasteiger partial charge in [-0.3, -0.25) is 4.79 Å². The lowest BCUT2D eigenvalue weighted by atomic mass is 9.91. The third-order valence-electron chi connectivity index (χ3n) is 5.48. The minimum absolute atomic E-state index is 0.146. The summed E-state index contributed by atoms with van der Waals surface area (Å²) >= 11 is 6.00. The number of hydrogen-bond donors (Lipinski definition) is 0. The lowest BCUT2D eigenvalue weighted by Gasteiger charge is -2.30. The zero-order chi connectivity index (χ0) is 22.1. The minimum atomic E-state index is -4.64. The highest BCUT2D eigenvalue weighted by molar-refractivity contribution is 6.31. The second-order valence-electron chi connectivity index (χ2n) is 7.26. The maximum Gasteiger partial charge on any atom is 0.416 e. The van der Waals surface area contributed by atoms with Crippen molar-refractivity contribution in [2.45, 2.75) is 19.0 Å². The van der Waals surface area contributed by atoms with E-state index in [0.29, 0.717) is 44.0 Å². The number of alkyl halides is 3. The Balaban J connectivity index is 1.91. The van der Waals surface area contributed by atoms with Gasteiger partial charge in [0.1, 0.15) is 5.75 Å². The van der Waals surface area contributed by atoms with Crippen LogP contribution in [0, 0.1) is 5.92 Å². The van der Waals surface area contributed by atoms with Gasteiger partial charge in [-0.25, -0.2) is 0 Å². The average molecular weight is 442 g/mol. The Hall–Kier alpha value is -2.25. The van der Waals surface area contributed by atoms with Gasteiger partial charge in [-0.2, -0.15) is 13.2 Å². The average Bonchev–Trinajstić information content (AvgIpc) is 3.04. The Morgan fingerprint density at radius 1 is 1.37 bits per heavy atom. The normalized spacial score (nSPS) is 20.0. The number of Topliss-reactive ketones (excluding diaryl/α,β-unsaturated/α-hetero) is 1. The number of hydrogen-bond acceptors (Lipinski definition) is 4. The number of allylic oxidation sites excluding steroid dienone is 4. The third kappa shape index (κ3) is 4.42. The molecule has 162 valence electrons. The summed E-state index contributed by atoms with van der Waals surface area (Å²) < 4.78 is 50.6. The summed E-state index contributed by atoms with van der Waals surface area (Å²) in [7, 11) is 1.53. The molecule has 30 heavy (non-hydrogen) atoms. The minimum Gasteiger partial charge on any atom is -0.495 e. The van der Waals surface area contributed by atoms with E-state index >= 15 is 0 Å². The van der Waals surface area contributed by atoms with Crippen molar-refractivity contribution >= 4 is 23.1 Å². The van der Waals surface area contributed by atoms with Gasteiger partial charge in [0.05, 0.1) is 31.6 Å². The lowest BCUT2D eigenvalue weighted by Crippen LogP contribution is -2.36. The van der Waals surface area contributed by atoms with E-state index in [-0.39, 0.29) is 22.8 Å². The maximum absolute atomic E-state index is 13.2. The molecule has 0 aromatic heterocycles. The Labute approximate surface area is 178 Å². The molecule has 1 heterocycles. The quantitative estimate of drug-likeness (QED) is 0.577. The number of ether oxygens (including phenoxy) is 2. The van der Waals surface area contributed by atoms with Crippen LogP contribution < -0.4 is 9.64 Å². The first kappa shape index (κ1) is 22.4. The summed E-state index contributed by atoms with van der Waals surface area (Å²) in [5, 5.41) is -0.146. The number of fused-ring (bicyclic) bond motifs is 1. The van der Waals surface area contributed by atoms with E-state index in [9.17, 15) is 18.0 Å². The number of benzene rings is 1. The predicted octanol–water partition coefficient (Wildman–Crippen LogP) is 5.07. The van der Waals surface area contributed by atoms with E-state index in [1.807, 2.05) is 6.07 Å². The number of rotatable bonds is 6. The summed E-state index contributed by atoms with van der Waals surface area (Å²) in [5.74, 6) is -0.325.